The third-order valence-corrected chi connectivity index (χ3v) is 2.38. The molecule has 98 valence electrons. The van der Waals surface area contributed by atoms with Gasteiger partial charge < -0.3 is 9.47 Å². The van der Waals surface area contributed by atoms with E-state index in [-0.39, 0.29) is 12.5 Å². The molecule has 19 heavy (non-hydrogen) atoms. The zero-order valence-electron chi connectivity index (χ0n) is 10.0. The number of nitro groups is 1. The number of nitro benzene ring substituents is 1. The van der Waals surface area contributed by atoms with Crippen LogP contribution in [0.3, 0.4) is 0 Å². The molecule has 0 radical (unpaired) electrons. The van der Waals surface area contributed by atoms with Crippen LogP contribution >= 0.6 is 0 Å². The molecule has 0 amide bonds. The van der Waals surface area contributed by atoms with Gasteiger partial charge >= 0.3 is 5.97 Å². The highest BCUT2D eigenvalue weighted by Crippen LogP contribution is 2.31. The number of esters is 1. The van der Waals surface area contributed by atoms with Crippen molar-refractivity contribution in [2.75, 3.05) is 6.79 Å². The lowest BCUT2D eigenvalue weighted by atomic mass is 10.1. The number of carbonyl (C=O) groups is 1. The number of benzene rings is 1. The summed E-state index contributed by atoms with van der Waals surface area (Å²) in [7, 11) is 0. The molecule has 0 N–H and O–H groups in total. The van der Waals surface area contributed by atoms with Gasteiger partial charge in [0.15, 0.2) is 0 Å². The first kappa shape index (κ1) is 12.7. The second-order valence-electron chi connectivity index (χ2n) is 3.64. The zero-order chi connectivity index (χ0) is 13.8. The molecule has 0 aliphatic rings. The summed E-state index contributed by atoms with van der Waals surface area (Å²) >= 11 is 0. The van der Waals surface area contributed by atoms with Crippen molar-refractivity contribution in [1.29, 1.82) is 0 Å². The number of fused-ring (bicyclic) bond motifs is 1. The highest BCUT2D eigenvalue weighted by atomic mass is 16.7. The lowest BCUT2D eigenvalue weighted by Crippen LogP contribution is -2.07. The van der Waals surface area contributed by atoms with Crippen molar-refractivity contribution in [1.82, 2.24) is 4.98 Å². The van der Waals surface area contributed by atoms with E-state index in [1.165, 1.54) is 25.3 Å². The van der Waals surface area contributed by atoms with Crippen molar-refractivity contribution in [3.63, 3.8) is 0 Å². The van der Waals surface area contributed by atoms with E-state index in [2.05, 4.69) is 9.72 Å². The predicted molar refractivity (Wildman–Crippen MR) is 65.7 cm³/mol. The van der Waals surface area contributed by atoms with Crippen molar-refractivity contribution in [3.05, 3.63) is 40.6 Å². The van der Waals surface area contributed by atoms with Crippen LogP contribution in [0, 0.1) is 10.1 Å². The van der Waals surface area contributed by atoms with Crippen molar-refractivity contribution < 1.29 is 19.2 Å². The Morgan fingerprint density at radius 1 is 1.42 bits per heavy atom. The molecule has 0 saturated carbocycles. The maximum atomic E-state index is 10.9. The minimum Gasteiger partial charge on any atom is -0.455 e. The third-order valence-electron chi connectivity index (χ3n) is 2.38. The number of carbonyl (C=O) groups excluding carboxylic acids is 1. The van der Waals surface area contributed by atoms with Gasteiger partial charge in [0.25, 0.3) is 5.69 Å². The number of non-ortho nitro benzene ring substituents is 1. The first-order valence-electron chi connectivity index (χ1n) is 5.38. The number of hydrogen-bond donors (Lipinski definition) is 0. The SMILES string of the molecule is CC(=O)OCOc1ccc([N+](=O)[O-])c2cccnc12. The average Bonchev–Trinajstić information content (AvgIpc) is 2.38. The molecule has 0 spiro atoms. The molecule has 0 saturated heterocycles. The van der Waals surface area contributed by atoms with Gasteiger partial charge in [0.05, 0.1) is 10.3 Å². The van der Waals surface area contributed by atoms with Crippen LogP contribution in [0.2, 0.25) is 0 Å². The second kappa shape index (κ2) is 5.30. The van der Waals surface area contributed by atoms with Gasteiger partial charge in [0.1, 0.15) is 11.3 Å². The van der Waals surface area contributed by atoms with E-state index in [1.54, 1.807) is 12.1 Å². The predicted octanol–water partition coefficient (Wildman–Crippen LogP) is 2.04. The Kier molecular flexibility index (Phi) is 3.56. The van der Waals surface area contributed by atoms with Crippen LogP contribution in [0.25, 0.3) is 10.9 Å². The Labute approximate surface area is 107 Å². The Hall–Kier alpha value is -2.70. The Bertz CT molecular complexity index is 641. The average molecular weight is 262 g/mol. The van der Waals surface area contributed by atoms with E-state index in [9.17, 15) is 14.9 Å². The first-order valence-corrected chi connectivity index (χ1v) is 5.38. The molecule has 0 unspecified atom stereocenters. The van der Waals surface area contributed by atoms with Crippen molar-refractivity contribution in [2.24, 2.45) is 0 Å². The van der Waals surface area contributed by atoms with E-state index in [1.807, 2.05) is 0 Å². The summed E-state index contributed by atoms with van der Waals surface area (Å²) < 4.78 is 9.89. The Balaban J connectivity index is 2.38. The smallest absolute Gasteiger partial charge is 0.305 e. The topological polar surface area (TPSA) is 91.6 Å². The molecule has 1 aromatic carbocycles. The monoisotopic (exact) mass is 262 g/mol. The Morgan fingerprint density at radius 3 is 2.89 bits per heavy atom. The summed E-state index contributed by atoms with van der Waals surface area (Å²) in [5.41, 5.74) is 0.298. The zero-order valence-corrected chi connectivity index (χ0v) is 10.0. The fourth-order valence-electron chi connectivity index (χ4n) is 1.58. The summed E-state index contributed by atoms with van der Waals surface area (Å²) in [6, 6.07) is 5.94. The van der Waals surface area contributed by atoms with Gasteiger partial charge in [-0.2, -0.15) is 0 Å². The lowest BCUT2D eigenvalue weighted by Gasteiger charge is -2.08. The van der Waals surface area contributed by atoms with Gasteiger partial charge in [-0.15, -0.1) is 0 Å². The van der Waals surface area contributed by atoms with Crippen LogP contribution < -0.4 is 4.74 Å². The number of aromatic nitrogens is 1. The standard InChI is InChI=1S/C12H10N2O5/c1-8(15)18-7-19-11-5-4-10(14(16)17)9-3-2-6-13-12(9)11/h2-6H,7H2,1H3. The number of pyridine rings is 1. The van der Waals surface area contributed by atoms with Crippen molar-refractivity contribution >= 4 is 22.6 Å². The summed E-state index contributed by atoms with van der Waals surface area (Å²) in [5.74, 6) is -0.151. The fraction of sp³-hybridized carbons (Fsp3) is 0.167. The Morgan fingerprint density at radius 2 is 2.21 bits per heavy atom. The molecule has 7 heteroatoms. The third kappa shape index (κ3) is 2.76. The molecular formula is C12H10N2O5. The van der Waals surface area contributed by atoms with Gasteiger partial charge in [-0.3, -0.25) is 19.9 Å². The normalized spacial score (nSPS) is 10.2. The minimum absolute atomic E-state index is 0.0528. The molecule has 2 aromatic rings. The molecule has 0 bridgehead atoms. The van der Waals surface area contributed by atoms with Crippen molar-refractivity contribution in [2.45, 2.75) is 6.92 Å². The number of rotatable bonds is 4. The number of ether oxygens (including phenoxy) is 2. The molecule has 1 aromatic heterocycles. The van der Waals surface area contributed by atoms with Gasteiger partial charge in [0, 0.05) is 19.2 Å². The molecule has 2 rings (SSSR count). The highest BCUT2D eigenvalue weighted by molar-refractivity contribution is 5.92. The summed E-state index contributed by atoms with van der Waals surface area (Å²) in [5, 5.41) is 11.3. The van der Waals surface area contributed by atoms with E-state index >= 15 is 0 Å². The molecular weight excluding hydrogens is 252 g/mol. The van der Waals surface area contributed by atoms with Crippen LogP contribution in [0.5, 0.6) is 5.75 Å². The van der Waals surface area contributed by atoms with Crippen LogP contribution in [-0.4, -0.2) is 22.7 Å². The molecule has 0 atom stereocenters. The van der Waals surface area contributed by atoms with E-state index < -0.39 is 10.9 Å². The first-order chi connectivity index (χ1) is 9.09. The molecule has 0 aliphatic heterocycles. The number of hydrogen-bond acceptors (Lipinski definition) is 6. The maximum absolute atomic E-state index is 10.9. The summed E-state index contributed by atoms with van der Waals surface area (Å²) in [6.07, 6.45) is 1.50. The van der Waals surface area contributed by atoms with Gasteiger partial charge in [0.2, 0.25) is 6.79 Å². The molecule has 0 fully saturated rings. The van der Waals surface area contributed by atoms with E-state index in [0.29, 0.717) is 16.7 Å². The van der Waals surface area contributed by atoms with Crippen LogP contribution in [0.15, 0.2) is 30.5 Å². The van der Waals surface area contributed by atoms with E-state index in [0.717, 1.165) is 0 Å². The van der Waals surface area contributed by atoms with Crippen molar-refractivity contribution in [3.8, 4) is 5.75 Å². The highest BCUT2D eigenvalue weighted by Gasteiger charge is 2.15. The van der Waals surface area contributed by atoms with Gasteiger partial charge in [-0.1, -0.05) is 0 Å². The number of nitrogens with zero attached hydrogens (tertiary/aromatic N) is 2. The van der Waals surface area contributed by atoms with Crippen LogP contribution in [-0.2, 0) is 9.53 Å². The van der Waals surface area contributed by atoms with Gasteiger partial charge in [-0.05, 0) is 18.2 Å². The summed E-state index contributed by atoms with van der Waals surface area (Å²) in [4.78, 5) is 25.1. The summed E-state index contributed by atoms with van der Waals surface area (Å²) in [6.45, 7) is 0.994. The fourth-order valence-corrected chi connectivity index (χ4v) is 1.58. The maximum Gasteiger partial charge on any atom is 0.305 e. The van der Waals surface area contributed by atoms with Crippen LogP contribution in [0.1, 0.15) is 6.92 Å². The van der Waals surface area contributed by atoms with E-state index in [4.69, 9.17) is 4.74 Å². The minimum atomic E-state index is -0.486. The van der Waals surface area contributed by atoms with Crippen LogP contribution in [0.4, 0.5) is 5.69 Å². The largest absolute Gasteiger partial charge is 0.455 e. The lowest BCUT2D eigenvalue weighted by molar-refractivity contribution is -0.383. The molecule has 7 nitrogen and oxygen atoms in total. The second-order valence-corrected chi connectivity index (χ2v) is 3.64. The van der Waals surface area contributed by atoms with Gasteiger partial charge in [-0.25, -0.2) is 0 Å². The molecule has 0 aliphatic carbocycles. The molecule has 1 heterocycles. The quantitative estimate of drug-likeness (QED) is 0.362.